The Balaban J connectivity index is 4.03. The van der Waals surface area contributed by atoms with Crippen molar-refractivity contribution in [3.8, 4) is 0 Å². The number of rotatable bonds is 1. The van der Waals surface area contributed by atoms with Gasteiger partial charge >= 0.3 is 5.91 Å². The molecule has 0 bridgehead atoms. The second kappa shape index (κ2) is 3.07. The molecular weight excluding hydrogens is 109 g/mol. The second-order valence-electron chi connectivity index (χ2n) is 1.10. The highest BCUT2D eigenvalue weighted by molar-refractivity contribution is 5.94. The molecule has 0 unspecified atom stereocenters. The van der Waals surface area contributed by atoms with E-state index in [4.69, 9.17) is 0 Å². The Kier molecular flexibility index (Phi) is 2.69. The van der Waals surface area contributed by atoms with E-state index in [0.717, 1.165) is 6.08 Å². The molecule has 1 amide bonds. The largest absolute Gasteiger partial charge is 0.304 e. The van der Waals surface area contributed by atoms with Gasteiger partial charge in [0.05, 0.1) is 0 Å². The molecule has 0 saturated heterocycles. The molecule has 0 rings (SSSR count). The predicted octanol–water partition coefficient (Wildman–Crippen LogP) is 1.09. The van der Waals surface area contributed by atoms with Crippen LogP contribution in [-0.4, -0.2) is 12.6 Å². The van der Waals surface area contributed by atoms with E-state index in [-0.39, 0.29) is 0 Å². The lowest BCUT2D eigenvalue weighted by atomic mass is 10.5. The molecule has 8 heavy (non-hydrogen) atoms. The van der Waals surface area contributed by atoms with E-state index in [1.54, 1.807) is 0 Å². The standard InChI is InChI=1S/C5H6FNO/c1-3-4(6)5(8)7-2/h3H,2H2,1H3/b4-3+. The van der Waals surface area contributed by atoms with E-state index in [1.807, 2.05) is 0 Å². The summed E-state index contributed by atoms with van der Waals surface area (Å²) in [7, 11) is 0. The molecular formula is C5H6FNO. The van der Waals surface area contributed by atoms with Gasteiger partial charge in [-0.05, 0) is 19.7 Å². The Morgan fingerprint density at radius 1 is 1.88 bits per heavy atom. The van der Waals surface area contributed by atoms with Crippen LogP contribution in [0.2, 0.25) is 0 Å². The molecule has 0 aliphatic heterocycles. The lowest BCUT2D eigenvalue weighted by Gasteiger charge is -1.81. The maximum Gasteiger partial charge on any atom is 0.304 e. The zero-order chi connectivity index (χ0) is 6.57. The second-order valence-corrected chi connectivity index (χ2v) is 1.10. The fourth-order valence-electron chi connectivity index (χ4n) is 0.199. The van der Waals surface area contributed by atoms with Crippen LogP contribution >= 0.6 is 0 Å². The molecule has 0 radical (unpaired) electrons. The number of nitrogens with zero attached hydrogens (tertiary/aromatic N) is 1. The van der Waals surface area contributed by atoms with Gasteiger partial charge in [-0.15, -0.1) is 0 Å². The third kappa shape index (κ3) is 1.64. The molecule has 0 aromatic heterocycles. The molecule has 3 heteroatoms. The first kappa shape index (κ1) is 7.01. The summed E-state index contributed by atoms with van der Waals surface area (Å²) in [4.78, 5) is 12.9. The van der Waals surface area contributed by atoms with Crippen LogP contribution in [0.25, 0.3) is 0 Å². The summed E-state index contributed by atoms with van der Waals surface area (Å²) in [5, 5.41) is 0. The van der Waals surface area contributed by atoms with Crippen molar-refractivity contribution in [3.63, 3.8) is 0 Å². The Hall–Kier alpha value is -0.990. The molecule has 0 aliphatic carbocycles. The minimum atomic E-state index is -0.910. The van der Waals surface area contributed by atoms with E-state index in [1.165, 1.54) is 6.92 Å². The van der Waals surface area contributed by atoms with E-state index < -0.39 is 11.7 Å². The summed E-state index contributed by atoms with van der Waals surface area (Å²) < 4.78 is 11.9. The van der Waals surface area contributed by atoms with Crippen molar-refractivity contribution in [2.24, 2.45) is 4.99 Å². The van der Waals surface area contributed by atoms with Crippen molar-refractivity contribution in [2.75, 3.05) is 0 Å². The zero-order valence-corrected chi connectivity index (χ0v) is 4.52. The molecule has 44 valence electrons. The minimum absolute atomic E-state index is 0.861. The van der Waals surface area contributed by atoms with Crippen LogP contribution in [0.5, 0.6) is 0 Å². The maximum absolute atomic E-state index is 11.9. The first-order valence-electron chi connectivity index (χ1n) is 2.05. The average Bonchev–Trinajstić information content (AvgIpc) is 1.84. The number of amides is 1. The average molecular weight is 115 g/mol. The lowest BCUT2D eigenvalue weighted by molar-refractivity contribution is -0.115. The van der Waals surface area contributed by atoms with Crippen LogP contribution in [0.1, 0.15) is 6.92 Å². The van der Waals surface area contributed by atoms with Gasteiger partial charge in [-0.3, -0.25) is 4.79 Å². The van der Waals surface area contributed by atoms with Gasteiger partial charge in [0.15, 0.2) is 5.83 Å². The fraction of sp³-hybridized carbons (Fsp3) is 0.200. The van der Waals surface area contributed by atoms with Crippen molar-refractivity contribution in [3.05, 3.63) is 11.9 Å². The van der Waals surface area contributed by atoms with Crippen molar-refractivity contribution in [1.29, 1.82) is 0 Å². The Morgan fingerprint density at radius 3 is 2.50 bits per heavy atom. The van der Waals surface area contributed by atoms with Crippen LogP contribution in [0.15, 0.2) is 16.9 Å². The SMILES string of the molecule is C=NC(=O)/C(F)=C\C. The van der Waals surface area contributed by atoms with Crippen molar-refractivity contribution >= 4 is 12.6 Å². The third-order valence-corrected chi connectivity index (χ3v) is 0.601. The number of halogens is 1. The van der Waals surface area contributed by atoms with Crippen molar-refractivity contribution in [1.82, 2.24) is 0 Å². The maximum atomic E-state index is 11.9. The van der Waals surface area contributed by atoms with Crippen LogP contribution < -0.4 is 0 Å². The zero-order valence-electron chi connectivity index (χ0n) is 4.52. The topological polar surface area (TPSA) is 29.4 Å². The van der Waals surface area contributed by atoms with Gasteiger partial charge < -0.3 is 0 Å². The molecule has 0 atom stereocenters. The summed E-state index contributed by atoms with van der Waals surface area (Å²) in [5.74, 6) is -1.77. The molecule has 0 fully saturated rings. The summed E-state index contributed by atoms with van der Waals surface area (Å²) in [6, 6.07) is 0. The third-order valence-electron chi connectivity index (χ3n) is 0.601. The lowest BCUT2D eigenvalue weighted by Crippen LogP contribution is -1.90. The monoisotopic (exact) mass is 115 g/mol. The first-order valence-corrected chi connectivity index (χ1v) is 2.05. The fourth-order valence-corrected chi connectivity index (χ4v) is 0.199. The number of hydrogen-bond donors (Lipinski definition) is 0. The molecule has 0 aliphatic rings. The molecule has 0 aromatic rings. The van der Waals surface area contributed by atoms with Gasteiger partial charge in [-0.25, -0.2) is 9.38 Å². The van der Waals surface area contributed by atoms with Gasteiger partial charge in [0, 0.05) is 0 Å². The van der Waals surface area contributed by atoms with Gasteiger partial charge in [-0.2, -0.15) is 0 Å². The van der Waals surface area contributed by atoms with Gasteiger partial charge in [-0.1, -0.05) is 0 Å². The molecule has 0 N–H and O–H groups in total. The number of hydrogen-bond acceptors (Lipinski definition) is 1. The summed E-state index contributed by atoms with van der Waals surface area (Å²) in [5.41, 5.74) is 0. The molecule has 0 spiro atoms. The van der Waals surface area contributed by atoms with Crippen LogP contribution in [0, 0.1) is 0 Å². The molecule has 0 saturated carbocycles. The number of allylic oxidation sites excluding steroid dienone is 1. The first-order chi connectivity index (χ1) is 3.72. The van der Waals surface area contributed by atoms with Crippen LogP contribution in [0.3, 0.4) is 0 Å². The number of aliphatic imine (C=N–C) groups is 1. The normalized spacial score (nSPS) is 11.0. The highest BCUT2D eigenvalue weighted by Crippen LogP contribution is 1.96. The minimum Gasteiger partial charge on any atom is -0.264 e. The summed E-state index contributed by atoms with van der Waals surface area (Å²) in [6.07, 6.45) is 1.04. The molecule has 2 nitrogen and oxygen atoms in total. The van der Waals surface area contributed by atoms with E-state index in [2.05, 4.69) is 11.7 Å². The van der Waals surface area contributed by atoms with E-state index in [0.29, 0.717) is 0 Å². The van der Waals surface area contributed by atoms with Crippen LogP contribution in [0.4, 0.5) is 4.39 Å². The number of carbonyl (C=O) groups excluding carboxylic acids is 1. The van der Waals surface area contributed by atoms with Gasteiger partial charge in [0.1, 0.15) is 0 Å². The number of carbonyl (C=O) groups is 1. The van der Waals surface area contributed by atoms with Crippen LogP contribution in [-0.2, 0) is 4.79 Å². The van der Waals surface area contributed by atoms with Crippen molar-refractivity contribution < 1.29 is 9.18 Å². The summed E-state index contributed by atoms with van der Waals surface area (Å²) >= 11 is 0. The Labute approximate surface area is 46.7 Å². The van der Waals surface area contributed by atoms with E-state index in [9.17, 15) is 9.18 Å². The van der Waals surface area contributed by atoms with Gasteiger partial charge in [0.2, 0.25) is 0 Å². The highest BCUT2D eigenvalue weighted by Gasteiger charge is 2.00. The summed E-state index contributed by atoms with van der Waals surface area (Å²) in [6.45, 7) is 4.26. The Morgan fingerprint density at radius 2 is 2.38 bits per heavy atom. The quantitative estimate of drug-likeness (QED) is 0.371. The predicted molar refractivity (Wildman–Crippen MR) is 29.4 cm³/mol. The molecule has 0 heterocycles. The highest BCUT2D eigenvalue weighted by atomic mass is 19.1. The van der Waals surface area contributed by atoms with E-state index >= 15 is 0 Å². The van der Waals surface area contributed by atoms with Gasteiger partial charge in [0.25, 0.3) is 0 Å². The smallest absolute Gasteiger partial charge is 0.264 e. The van der Waals surface area contributed by atoms with Crippen molar-refractivity contribution in [2.45, 2.75) is 6.92 Å². The molecule has 0 aromatic carbocycles. The Bertz CT molecular complexity index is 139.